The number of aromatic nitrogens is 2. The number of carbonyl (C=O) groups excluding carboxylic acids is 2. The third kappa shape index (κ3) is 4.00. The minimum atomic E-state index is -0.636. The molecule has 0 fully saturated rings. The summed E-state index contributed by atoms with van der Waals surface area (Å²) in [5, 5.41) is 8.86. The Bertz CT molecular complexity index is 1270. The van der Waals surface area contributed by atoms with E-state index in [-0.39, 0.29) is 23.7 Å². The van der Waals surface area contributed by atoms with Crippen LogP contribution in [-0.4, -0.2) is 28.8 Å². The van der Waals surface area contributed by atoms with Crippen LogP contribution in [0.3, 0.4) is 0 Å². The number of rotatable bonds is 6. The number of furan rings is 1. The van der Waals surface area contributed by atoms with Gasteiger partial charge < -0.3 is 19.2 Å². The number of hydrogen-bond acceptors (Lipinski definition) is 6. The highest BCUT2D eigenvalue weighted by Gasteiger charge is 2.23. The van der Waals surface area contributed by atoms with Gasteiger partial charge in [-0.25, -0.2) is 4.79 Å². The van der Waals surface area contributed by atoms with Gasteiger partial charge >= 0.3 is 5.97 Å². The van der Waals surface area contributed by atoms with Crippen molar-refractivity contribution in [1.29, 1.82) is 0 Å². The predicted octanol–water partition coefficient (Wildman–Crippen LogP) is 4.09. The molecule has 0 unspecified atom stereocenters. The van der Waals surface area contributed by atoms with E-state index in [0.717, 1.165) is 16.5 Å². The summed E-state index contributed by atoms with van der Waals surface area (Å²) in [7, 11) is 2.93. The van der Waals surface area contributed by atoms with E-state index in [9.17, 15) is 9.59 Å². The summed E-state index contributed by atoms with van der Waals surface area (Å²) in [5.41, 5.74) is 0.922. The molecule has 158 valence electrons. The first-order chi connectivity index (χ1) is 15.0. The lowest BCUT2D eigenvalue weighted by molar-refractivity contribution is 0.0594. The second-order valence-electron chi connectivity index (χ2n) is 6.91. The molecule has 0 radical (unpaired) electrons. The molecule has 1 amide bonds. The van der Waals surface area contributed by atoms with Gasteiger partial charge in [-0.3, -0.25) is 9.48 Å². The first-order valence-electron chi connectivity index (χ1n) is 9.60. The summed E-state index contributed by atoms with van der Waals surface area (Å²) in [4.78, 5) is 24.6. The average molecular weight is 419 g/mol. The molecule has 0 aliphatic heterocycles. The molecule has 1 N–H and O–H groups in total. The fourth-order valence-electron chi connectivity index (χ4n) is 3.22. The maximum absolute atomic E-state index is 12.7. The van der Waals surface area contributed by atoms with Crippen molar-refractivity contribution in [3.63, 3.8) is 0 Å². The Labute approximate surface area is 178 Å². The highest BCUT2D eigenvalue weighted by molar-refractivity contribution is 6.06. The molecule has 0 saturated heterocycles. The van der Waals surface area contributed by atoms with Crippen molar-refractivity contribution in [2.75, 3.05) is 12.4 Å². The van der Waals surface area contributed by atoms with Gasteiger partial charge in [-0.1, -0.05) is 36.4 Å². The van der Waals surface area contributed by atoms with Crippen LogP contribution in [0.5, 0.6) is 5.75 Å². The van der Waals surface area contributed by atoms with Crippen LogP contribution in [0.15, 0.2) is 59.0 Å². The van der Waals surface area contributed by atoms with Gasteiger partial charge in [0.2, 0.25) is 0 Å². The van der Waals surface area contributed by atoms with Gasteiger partial charge in [-0.2, -0.15) is 5.10 Å². The maximum Gasteiger partial charge on any atom is 0.360 e. The van der Waals surface area contributed by atoms with Crippen molar-refractivity contribution in [3.05, 3.63) is 77.5 Å². The first-order valence-corrected chi connectivity index (χ1v) is 9.60. The highest BCUT2D eigenvalue weighted by atomic mass is 16.5. The third-order valence-corrected chi connectivity index (χ3v) is 4.96. The number of anilines is 1. The summed E-state index contributed by atoms with van der Waals surface area (Å²) in [6.07, 6.45) is 0. The van der Waals surface area contributed by atoms with Gasteiger partial charge in [-0.15, -0.1) is 0 Å². The number of hydrogen-bond donors (Lipinski definition) is 1. The molecular weight excluding hydrogens is 398 g/mol. The number of methoxy groups -OCH3 is 1. The summed E-state index contributed by atoms with van der Waals surface area (Å²) in [6.45, 7) is 1.90. The number of aryl methyl sites for hydroxylation is 1. The predicted molar refractivity (Wildman–Crippen MR) is 114 cm³/mol. The van der Waals surface area contributed by atoms with E-state index >= 15 is 0 Å². The van der Waals surface area contributed by atoms with E-state index in [0.29, 0.717) is 11.5 Å². The molecule has 2 aromatic carbocycles. The summed E-state index contributed by atoms with van der Waals surface area (Å²) >= 11 is 0. The van der Waals surface area contributed by atoms with E-state index in [1.54, 1.807) is 26.1 Å². The Hall–Kier alpha value is -4.07. The molecule has 0 spiro atoms. The van der Waals surface area contributed by atoms with E-state index < -0.39 is 11.9 Å². The lowest BCUT2D eigenvalue weighted by atomic mass is 10.1. The quantitative estimate of drug-likeness (QED) is 0.473. The SMILES string of the molecule is COC(=O)c1nn(C)c(C)c1NC(=O)c1ccc(COc2cccc3ccccc23)o1. The maximum atomic E-state index is 12.7. The summed E-state index contributed by atoms with van der Waals surface area (Å²) in [6, 6.07) is 17.0. The third-order valence-electron chi connectivity index (χ3n) is 4.96. The van der Waals surface area contributed by atoms with Gasteiger partial charge in [0.25, 0.3) is 5.91 Å². The van der Waals surface area contributed by atoms with Crippen LogP contribution in [0.2, 0.25) is 0 Å². The van der Waals surface area contributed by atoms with Gasteiger partial charge in [0.1, 0.15) is 18.1 Å². The Kier molecular flexibility index (Phi) is 5.44. The second-order valence-corrected chi connectivity index (χ2v) is 6.91. The van der Waals surface area contributed by atoms with Crippen molar-refractivity contribution in [1.82, 2.24) is 9.78 Å². The number of esters is 1. The minimum Gasteiger partial charge on any atom is -0.485 e. The highest BCUT2D eigenvalue weighted by Crippen LogP contribution is 2.26. The second kappa shape index (κ2) is 8.35. The molecule has 0 aliphatic rings. The molecular formula is C23H21N3O5. The fraction of sp³-hybridized carbons (Fsp3) is 0.174. The Morgan fingerprint density at radius 3 is 2.68 bits per heavy atom. The zero-order valence-corrected chi connectivity index (χ0v) is 17.3. The molecule has 2 heterocycles. The van der Waals surface area contributed by atoms with Gasteiger partial charge in [0, 0.05) is 12.4 Å². The average Bonchev–Trinajstić information content (AvgIpc) is 3.37. The zero-order valence-electron chi connectivity index (χ0n) is 17.3. The van der Waals surface area contributed by atoms with Crippen LogP contribution in [0.1, 0.15) is 32.5 Å². The zero-order chi connectivity index (χ0) is 22.0. The molecule has 0 bridgehead atoms. The lowest BCUT2D eigenvalue weighted by Gasteiger charge is -2.08. The number of amides is 1. The normalized spacial score (nSPS) is 10.8. The van der Waals surface area contributed by atoms with E-state index in [1.807, 2.05) is 42.5 Å². The molecule has 4 rings (SSSR count). The van der Waals surface area contributed by atoms with Crippen LogP contribution in [0.25, 0.3) is 10.8 Å². The molecule has 0 atom stereocenters. The fourth-order valence-corrected chi connectivity index (χ4v) is 3.22. The van der Waals surface area contributed by atoms with Crippen LogP contribution in [0.4, 0.5) is 5.69 Å². The monoisotopic (exact) mass is 419 g/mol. The van der Waals surface area contributed by atoms with Crippen LogP contribution in [0, 0.1) is 6.92 Å². The number of nitrogens with one attached hydrogen (secondary N) is 1. The number of carbonyl (C=O) groups is 2. The Balaban J connectivity index is 1.48. The summed E-state index contributed by atoms with van der Waals surface area (Å²) < 4.78 is 17.8. The van der Waals surface area contributed by atoms with Crippen LogP contribution >= 0.6 is 0 Å². The van der Waals surface area contributed by atoms with E-state index in [2.05, 4.69) is 10.4 Å². The molecule has 31 heavy (non-hydrogen) atoms. The first kappa shape index (κ1) is 20.2. The lowest BCUT2D eigenvalue weighted by Crippen LogP contribution is -2.14. The van der Waals surface area contributed by atoms with Crippen molar-refractivity contribution < 1.29 is 23.5 Å². The molecule has 8 nitrogen and oxygen atoms in total. The van der Waals surface area contributed by atoms with Crippen LogP contribution in [-0.2, 0) is 18.4 Å². The minimum absolute atomic E-state index is 0.0296. The smallest absolute Gasteiger partial charge is 0.360 e. The number of fused-ring (bicyclic) bond motifs is 1. The Morgan fingerprint density at radius 1 is 1.10 bits per heavy atom. The van der Waals surface area contributed by atoms with Gasteiger partial charge in [0.05, 0.1) is 18.5 Å². The van der Waals surface area contributed by atoms with Gasteiger partial charge in [0.15, 0.2) is 11.5 Å². The van der Waals surface area contributed by atoms with Crippen molar-refractivity contribution >= 4 is 28.3 Å². The standard InChI is InChI=1S/C23H21N3O5/c1-14-20(21(23(28)29-3)25-26(14)2)24-22(27)19-12-11-16(31-19)13-30-18-10-6-8-15-7-4-5-9-17(15)18/h4-12H,13H2,1-3H3,(H,24,27). The molecule has 2 aromatic heterocycles. The molecule has 4 aromatic rings. The van der Waals surface area contributed by atoms with Crippen LogP contribution < -0.4 is 10.1 Å². The van der Waals surface area contributed by atoms with Crippen molar-refractivity contribution in [3.8, 4) is 5.75 Å². The van der Waals surface area contributed by atoms with E-state index in [1.165, 1.54) is 11.8 Å². The number of ether oxygens (including phenoxy) is 2. The van der Waals surface area contributed by atoms with Crippen molar-refractivity contribution in [2.24, 2.45) is 7.05 Å². The molecule has 0 saturated carbocycles. The number of benzene rings is 2. The molecule has 8 heteroatoms. The summed E-state index contributed by atoms with van der Waals surface area (Å²) in [5.74, 6) is 0.180. The topological polar surface area (TPSA) is 95.6 Å². The van der Waals surface area contributed by atoms with Gasteiger partial charge in [-0.05, 0) is 30.5 Å². The number of nitrogens with zero attached hydrogens (tertiary/aromatic N) is 2. The van der Waals surface area contributed by atoms with Crippen molar-refractivity contribution in [2.45, 2.75) is 13.5 Å². The Morgan fingerprint density at radius 2 is 1.87 bits per heavy atom. The largest absolute Gasteiger partial charge is 0.485 e. The van der Waals surface area contributed by atoms with E-state index in [4.69, 9.17) is 13.9 Å². The molecule has 0 aliphatic carbocycles.